The molecule has 0 unspecified atom stereocenters. The first-order valence-corrected chi connectivity index (χ1v) is 11.0. The second-order valence-electron chi connectivity index (χ2n) is 7.94. The number of fused-ring (bicyclic) bond motifs is 2. The number of likely N-dealkylation sites (tertiary alicyclic amines) is 1. The van der Waals surface area contributed by atoms with Crippen LogP contribution in [0, 0.1) is 0 Å². The number of hydrogen-bond acceptors (Lipinski definition) is 5. The van der Waals surface area contributed by atoms with Crippen LogP contribution in [0.25, 0.3) is 21.3 Å². The lowest BCUT2D eigenvalue weighted by molar-refractivity contribution is -0.136. The minimum Gasteiger partial charge on any atom is -0.479 e. The van der Waals surface area contributed by atoms with Crippen molar-refractivity contribution in [3.05, 3.63) is 46.4 Å². The first-order chi connectivity index (χ1) is 14.0. The van der Waals surface area contributed by atoms with Crippen molar-refractivity contribution in [2.24, 2.45) is 0 Å². The number of halogens is 1. The van der Waals surface area contributed by atoms with Gasteiger partial charge < -0.3 is 14.5 Å². The Kier molecular flexibility index (Phi) is 4.73. The van der Waals surface area contributed by atoms with Crippen LogP contribution >= 0.6 is 22.9 Å². The van der Waals surface area contributed by atoms with Crippen LogP contribution in [0.2, 0.25) is 5.02 Å². The van der Waals surface area contributed by atoms with E-state index in [1.54, 1.807) is 17.5 Å². The van der Waals surface area contributed by atoms with Gasteiger partial charge in [0, 0.05) is 53.5 Å². The van der Waals surface area contributed by atoms with Crippen molar-refractivity contribution in [2.75, 3.05) is 27.2 Å². The summed E-state index contributed by atoms with van der Waals surface area (Å²) in [4.78, 5) is 21.7. The lowest BCUT2D eigenvalue weighted by atomic mass is 10.0. The van der Waals surface area contributed by atoms with Crippen molar-refractivity contribution < 1.29 is 9.53 Å². The summed E-state index contributed by atoms with van der Waals surface area (Å²) in [6.45, 7) is 1.54. The summed E-state index contributed by atoms with van der Waals surface area (Å²) >= 11 is 8.09. The van der Waals surface area contributed by atoms with Crippen LogP contribution in [0.5, 0.6) is 5.75 Å². The SMILES string of the molecule is CN(C)[C@H]1CCN(C(=O)[C@H]2Cc3cc(Cl)cc(-c4ccnc5ccsc45)c3O2)C1. The lowest BCUT2D eigenvalue weighted by Gasteiger charge is -2.22. The summed E-state index contributed by atoms with van der Waals surface area (Å²) in [7, 11) is 4.13. The minimum atomic E-state index is -0.483. The Labute approximate surface area is 178 Å². The van der Waals surface area contributed by atoms with E-state index in [0.717, 1.165) is 52.2 Å². The molecule has 29 heavy (non-hydrogen) atoms. The average molecular weight is 428 g/mol. The summed E-state index contributed by atoms with van der Waals surface area (Å²) in [5.74, 6) is 0.848. The second kappa shape index (κ2) is 7.27. The van der Waals surface area contributed by atoms with Gasteiger partial charge in [0.1, 0.15) is 5.75 Å². The second-order valence-corrected chi connectivity index (χ2v) is 9.29. The van der Waals surface area contributed by atoms with Gasteiger partial charge in [0.25, 0.3) is 5.91 Å². The van der Waals surface area contributed by atoms with Gasteiger partial charge >= 0.3 is 0 Å². The molecule has 0 spiro atoms. The molecule has 1 aromatic carbocycles. The Balaban J connectivity index is 1.46. The molecule has 150 valence electrons. The maximum atomic E-state index is 13.1. The van der Waals surface area contributed by atoms with E-state index in [4.69, 9.17) is 16.3 Å². The Bertz CT molecular complexity index is 1100. The standard InChI is InChI=1S/C22H22ClN3O2S/c1-25(2)15-4-7-26(12-15)22(27)19-10-13-9-14(23)11-17(20(13)28-19)16-3-6-24-18-5-8-29-21(16)18/h3,5-6,8-9,11,15,19H,4,7,10,12H2,1-2H3/t15-,19+/m0/s1. The molecule has 0 saturated carbocycles. The first kappa shape index (κ1) is 18.9. The zero-order valence-corrected chi connectivity index (χ0v) is 18.0. The highest BCUT2D eigenvalue weighted by molar-refractivity contribution is 7.17. The highest BCUT2D eigenvalue weighted by Crippen LogP contribution is 2.44. The number of aromatic nitrogens is 1. The van der Waals surface area contributed by atoms with Crippen molar-refractivity contribution in [1.29, 1.82) is 0 Å². The summed E-state index contributed by atoms with van der Waals surface area (Å²) in [5.41, 5.74) is 3.94. The van der Waals surface area contributed by atoms with Crippen molar-refractivity contribution in [3.63, 3.8) is 0 Å². The summed E-state index contributed by atoms with van der Waals surface area (Å²) in [5, 5.41) is 2.69. The topological polar surface area (TPSA) is 45.7 Å². The van der Waals surface area contributed by atoms with Crippen LogP contribution in [-0.2, 0) is 11.2 Å². The Hall–Kier alpha value is -2.15. The number of likely N-dealkylation sites (N-methyl/N-ethyl adjacent to an activating group) is 1. The smallest absolute Gasteiger partial charge is 0.264 e. The third-order valence-corrected chi connectivity index (χ3v) is 7.07. The predicted octanol–water partition coefficient (Wildman–Crippen LogP) is 4.08. The van der Waals surface area contributed by atoms with E-state index in [1.807, 2.05) is 34.5 Å². The number of pyridine rings is 1. The van der Waals surface area contributed by atoms with E-state index in [9.17, 15) is 4.79 Å². The van der Waals surface area contributed by atoms with Gasteiger partial charge in [-0.1, -0.05) is 11.6 Å². The number of thiophene rings is 1. The molecule has 1 saturated heterocycles. The van der Waals surface area contributed by atoms with E-state index in [2.05, 4.69) is 24.0 Å². The van der Waals surface area contributed by atoms with Crippen LogP contribution < -0.4 is 4.74 Å². The van der Waals surface area contributed by atoms with E-state index in [-0.39, 0.29) is 5.91 Å². The van der Waals surface area contributed by atoms with Crippen molar-refractivity contribution in [2.45, 2.75) is 25.0 Å². The molecule has 4 heterocycles. The molecule has 1 amide bonds. The lowest BCUT2D eigenvalue weighted by Crippen LogP contribution is -2.41. The van der Waals surface area contributed by atoms with Gasteiger partial charge in [0.2, 0.25) is 0 Å². The van der Waals surface area contributed by atoms with Crippen LogP contribution in [0.1, 0.15) is 12.0 Å². The molecule has 1 fully saturated rings. The normalized spacial score (nSPS) is 21.0. The highest BCUT2D eigenvalue weighted by Gasteiger charge is 2.37. The van der Waals surface area contributed by atoms with Crippen LogP contribution in [0.4, 0.5) is 0 Å². The van der Waals surface area contributed by atoms with E-state index >= 15 is 0 Å². The maximum absolute atomic E-state index is 13.1. The van der Waals surface area contributed by atoms with Gasteiger partial charge in [0.05, 0.1) is 10.2 Å². The zero-order valence-electron chi connectivity index (χ0n) is 16.4. The minimum absolute atomic E-state index is 0.0728. The van der Waals surface area contributed by atoms with Gasteiger partial charge in [-0.2, -0.15) is 0 Å². The molecule has 0 radical (unpaired) electrons. The molecule has 0 bridgehead atoms. The quantitative estimate of drug-likeness (QED) is 0.631. The monoisotopic (exact) mass is 427 g/mol. The Morgan fingerprint density at radius 1 is 1.31 bits per heavy atom. The number of nitrogens with zero attached hydrogens (tertiary/aromatic N) is 3. The van der Waals surface area contributed by atoms with Crippen LogP contribution in [-0.4, -0.2) is 60.0 Å². The molecular weight excluding hydrogens is 406 g/mol. The molecule has 2 aromatic heterocycles. The molecule has 5 rings (SSSR count). The van der Waals surface area contributed by atoms with Crippen molar-refractivity contribution >= 4 is 39.1 Å². The molecule has 2 aliphatic rings. The van der Waals surface area contributed by atoms with Crippen LogP contribution in [0.3, 0.4) is 0 Å². The fourth-order valence-corrected chi connectivity index (χ4v) is 5.44. The van der Waals surface area contributed by atoms with E-state index in [1.165, 1.54) is 0 Å². The summed E-state index contributed by atoms with van der Waals surface area (Å²) < 4.78 is 7.36. The number of carbonyl (C=O) groups is 1. The fourth-order valence-electron chi connectivity index (χ4n) is 4.32. The summed E-state index contributed by atoms with van der Waals surface area (Å²) in [6, 6.07) is 8.27. The Morgan fingerprint density at radius 2 is 2.17 bits per heavy atom. The van der Waals surface area contributed by atoms with Gasteiger partial charge in [-0.15, -0.1) is 11.3 Å². The number of amides is 1. The molecule has 2 aliphatic heterocycles. The van der Waals surface area contributed by atoms with Crippen molar-refractivity contribution in [1.82, 2.24) is 14.8 Å². The number of benzene rings is 1. The van der Waals surface area contributed by atoms with E-state index < -0.39 is 6.10 Å². The third kappa shape index (κ3) is 3.29. The van der Waals surface area contributed by atoms with Crippen molar-refractivity contribution in [3.8, 4) is 16.9 Å². The molecule has 3 aromatic rings. The molecule has 0 aliphatic carbocycles. The van der Waals surface area contributed by atoms with Gasteiger partial charge in [0.15, 0.2) is 6.10 Å². The Morgan fingerprint density at radius 3 is 2.97 bits per heavy atom. The molecule has 2 atom stereocenters. The zero-order chi connectivity index (χ0) is 20.1. The average Bonchev–Trinajstić information content (AvgIpc) is 3.44. The number of hydrogen-bond donors (Lipinski definition) is 0. The summed E-state index contributed by atoms with van der Waals surface area (Å²) in [6.07, 6.45) is 2.89. The molecular formula is C22H22ClN3O2S. The van der Waals surface area contributed by atoms with E-state index in [0.29, 0.717) is 17.5 Å². The van der Waals surface area contributed by atoms with Gasteiger partial charge in [-0.25, -0.2) is 0 Å². The highest BCUT2D eigenvalue weighted by atomic mass is 35.5. The largest absolute Gasteiger partial charge is 0.479 e. The number of ether oxygens (including phenoxy) is 1. The van der Waals surface area contributed by atoms with Crippen LogP contribution in [0.15, 0.2) is 35.8 Å². The fraction of sp³-hybridized carbons (Fsp3) is 0.364. The molecule has 7 heteroatoms. The molecule has 0 N–H and O–H groups in total. The van der Waals surface area contributed by atoms with Gasteiger partial charge in [-0.3, -0.25) is 9.78 Å². The predicted molar refractivity (Wildman–Crippen MR) is 117 cm³/mol. The number of rotatable bonds is 3. The maximum Gasteiger partial charge on any atom is 0.264 e. The third-order valence-electron chi connectivity index (χ3n) is 5.91. The molecule has 5 nitrogen and oxygen atoms in total. The van der Waals surface area contributed by atoms with Gasteiger partial charge in [-0.05, 0) is 50.2 Å². The number of carbonyl (C=O) groups excluding carboxylic acids is 1. The first-order valence-electron chi connectivity index (χ1n) is 9.78.